The van der Waals surface area contributed by atoms with Gasteiger partial charge in [0.25, 0.3) is 11.5 Å². The Morgan fingerprint density at radius 3 is 2.44 bits per heavy atom. The monoisotopic (exact) mass is 720 g/mol. The van der Waals surface area contributed by atoms with E-state index < -0.39 is 17.3 Å². The van der Waals surface area contributed by atoms with Gasteiger partial charge in [-0.1, -0.05) is 25.0 Å². The maximum atomic E-state index is 14.2. The lowest BCUT2D eigenvalue weighted by Gasteiger charge is -2.32. The molecule has 0 saturated carbocycles. The quantitative estimate of drug-likeness (QED) is 0.113. The zero-order chi connectivity index (χ0) is 37.5. The first-order valence-electron chi connectivity index (χ1n) is 17.6. The van der Waals surface area contributed by atoms with Crippen LogP contribution in [0.3, 0.4) is 0 Å². The smallest absolute Gasteiger partial charge is 0.338 e. The molecule has 280 valence electrons. The number of nitrogens with one attached hydrogen (secondary N) is 1. The van der Waals surface area contributed by atoms with Crippen LogP contribution in [0.5, 0.6) is 17.2 Å². The summed E-state index contributed by atoms with van der Waals surface area (Å²) >= 11 is 0. The van der Waals surface area contributed by atoms with E-state index in [2.05, 4.69) is 17.3 Å². The van der Waals surface area contributed by atoms with Crippen LogP contribution >= 0.6 is 0 Å². The number of amides is 1. The molecule has 0 spiro atoms. The number of halogens is 1. The second-order valence-electron chi connectivity index (χ2n) is 13.0. The summed E-state index contributed by atoms with van der Waals surface area (Å²) in [7, 11) is 8.04. The maximum absolute atomic E-state index is 14.2. The SMILES string of the molecule is CCN1C[C@H](C)n2c(c(OC)c3c(=O)n(Cc4ccc(F)cc4C(=O)OC)nc(NCCCCCCN(C)Cc4ccc(OC)cc4OC)c32)C1=O. The molecule has 1 amide bonds. The Kier molecular flexibility index (Phi) is 12.4. The summed E-state index contributed by atoms with van der Waals surface area (Å²) in [6, 6.07) is 9.43. The minimum absolute atomic E-state index is 0.00915. The van der Waals surface area contributed by atoms with E-state index in [0.29, 0.717) is 42.2 Å². The molecule has 1 N–H and O–H groups in total. The van der Waals surface area contributed by atoms with Crippen molar-refractivity contribution in [2.75, 3.05) is 67.0 Å². The number of anilines is 1. The number of aromatic nitrogens is 3. The second-order valence-corrected chi connectivity index (χ2v) is 13.0. The molecule has 13 nitrogen and oxygen atoms in total. The number of unbranched alkanes of at least 4 members (excludes halogenated alkanes) is 3. The average molecular weight is 721 g/mol. The van der Waals surface area contributed by atoms with Crippen LogP contribution in [0.15, 0.2) is 41.2 Å². The van der Waals surface area contributed by atoms with Crippen LogP contribution < -0.4 is 25.1 Å². The van der Waals surface area contributed by atoms with E-state index >= 15 is 0 Å². The molecule has 5 rings (SSSR count). The van der Waals surface area contributed by atoms with Crippen molar-refractivity contribution in [2.24, 2.45) is 0 Å². The molecule has 0 saturated heterocycles. The fraction of sp³-hybridized carbons (Fsp3) is 0.474. The van der Waals surface area contributed by atoms with Gasteiger partial charge in [-0.3, -0.25) is 9.59 Å². The van der Waals surface area contributed by atoms with Gasteiger partial charge in [-0.25, -0.2) is 13.9 Å². The van der Waals surface area contributed by atoms with Crippen molar-refractivity contribution < 1.29 is 32.9 Å². The van der Waals surface area contributed by atoms with Gasteiger partial charge in [0.1, 0.15) is 28.2 Å². The minimum atomic E-state index is -0.732. The Balaban J connectivity index is 1.36. The Morgan fingerprint density at radius 1 is 1.00 bits per heavy atom. The summed E-state index contributed by atoms with van der Waals surface area (Å²) in [4.78, 5) is 44.4. The number of hydrogen-bond donors (Lipinski definition) is 1. The first-order valence-corrected chi connectivity index (χ1v) is 17.6. The van der Waals surface area contributed by atoms with Gasteiger partial charge in [0.2, 0.25) is 0 Å². The summed E-state index contributed by atoms with van der Waals surface area (Å²) in [6.45, 7) is 6.98. The number of carbonyl (C=O) groups excluding carboxylic acids is 2. The standard InChI is InChI=1S/C38H49FN6O7/c1-8-43-21-24(2)45-32-31(34(51-6)33(45)37(43)47)36(46)44(23-25-13-15-27(39)19-29(25)38(48)52-7)41-35(32)40-17-11-9-10-12-18-42(3)22-26-14-16-28(49-4)20-30(26)50-5/h13-16,19-20,24H,8-12,17-18,21-23H2,1-7H3,(H,40,41)/t24-/m0/s1. The third-order valence-corrected chi connectivity index (χ3v) is 9.55. The van der Waals surface area contributed by atoms with Crippen molar-refractivity contribution in [1.29, 1.82) is 0 Å². The summed E-state index contributed by atoms with van der Waals surface area (Å²) < 4.78 is 38.8. The van der Waals surface area contributed by atoms with Gasteiger partial charge in [-0.2, -0.15) is 0 Å². The Bertz CT molecular complexity index is 1980. The lowest BCUT2D eigenvalue weighted by Crippen LogP contribution is -2.42. The van der Waals surface area contributed by atoms with Gasteiger partial charge in [-0.05, 0) is 64.0 Å². The highest BCUT2D eigenvalue weighted by atomic mass is 19.1. The number of esters is 1. The molecule has 3 heterocycles. The van der Waals surface area contributed by atoms with Gasteiger partial charge in [0.15, 0.2) is 17.3 Å². The van der Waals surface area contributed by atoms with Crippen LogP contribution in [-0.2, 0) is 17.8 Å². The first kappa shape index (κ1) is 38.1. The van der Waals surface area contributed by atoms with Gasteiger partial charge >= 0.3 is 5.97 Å². The molecule has 1 atom stereocenters. The lowest BCUT2D eigenvalue weighted by molar-refractivity contribution is 0.0598. The van der Waals surface area contributed by atoms with E-state index in [1.54, 1.807) is 19.1 Å². The number of fused-ring (bicyclic) bond motifs is 3. The topological polar surface area (TPSA) is 129 Å². The molecular formula is C38H49FN6O7. The number of hydrogen-bond acceptors (Lipinski definition) is 10. The van der Waals surface area contributed by atoms with Crippen molar-refractivity contribution >= 4 is 28.6 Å². The molecule has 0 unspecified atom stereocenters. The van der Waals surface area contributed by atoms with Crippen LogP contribution in [0.25, 0.3) is 10.9 Å². The van der Waals surface area contributed by atoms with E-state index in [1.165, 1.54) is 31.0 Å². The van der Waals surface area contributed by atoms with Crippen molar-refractivity contribution in [3.63, 3.8) is 0 Å². The molecule has 4 aromatic rings. The van der Waals surface area contributed by atoms with Crippen molar-refractivity contribution in [3.05, 3.63) is 75.0 Å². The fourth-order valence-electron chi connectivity index (χ4n) is 6.88. The summed E-state index contributed by atoms with van der Waals surface area (Å²) in [5.41, 5.74) is 1.73. The van der Waals surface area contributed by atoms with Gasteiger partial charge in [0.05, 0.1) is 40.5 Å². The molecule has 0 aliphatic carbocycles. The van der Waals surface area contributed by atoms with Crippen LogP contribution in [-0.4, -0.2) is 97.7 Å². The van der Waals surface area contributed by atoms with Crippen molar-refractivity contribution in [2.45, 2.75) is 58.7 Å². The first-order chi connectivity index (χ1) is 25.1. The molecule has 2 aromatic heterocycles. The molecule has 52 heavy (non-hydrogen) atoms. The number of likely N-dealkylation sites (N-methyl/N-ethyl adjacent to an activating group) is 1. The Morgan fingerprint density at radius 2 is 1.75 bits per heavy atom. The molecular weight excluding hydrogens is 671 g/mol. The maximum Gasteiger partial charge on any atom is 0.338 e. The number of ether oxygens (including phenoxy) is 4. The van der Waals surface area contributed by atoms with Crippen LogP contribution in [0.4, 0.5) is 10.2 Å². The number of benzene rings is 2. The van der Waals surface area contributed by atoms with Gasteiger partial charge in [-0.15, -0.1) is 5.10 Å². The molecule has 0 fully saturated rings. The van der Waals surface area contributed by atoms with E-state index in [9.17, 15) is 18.8 Å². The van der Waals surface area contributed by atoms with Crippen LogP contribution in [0.1, 0.15) is 77.5 Å². The summed E-state index contributed by atoms with van der Waals surface area (Å²) in [5.74, 6) is 0.584. The molecule has 14 heteroatoms. The largest absolute Gasteiger partial charge is 0.497 e. The molecule has 1 aliphatic rings. The predicted molar refractivity (Wildman–Crippen MR) is 197 cm³/mol. The molecule has 0 bridgehead atoms. The normalized spacial score (nSPS) is 14.1. The Hall–Kier alpha value is -5.11. The highest BCUT2D eigenvalue weighted by molar-refractivity contribution is 6.07. The highest BCUT2D eigenvalue weighted by Gasteiger charge is 2.37. The van der Waals surface area contributed by atoms with E-state index in [4.69, 9.17) is 24.0 Å². The summed E-state index contributed by atoms with van der Waals surface area (Å²) in [6.07, 6.45) is 3.83. The number of methoxy groups -OCH3 is 4. The summed E-state index contributed by atoms with van der Waals surface area (Å²) in [5, 5.41) is 8.40. The van der Waals surface area contributed by atoms with E-state index in [1.807, 2.05) is 36.6 Å². The molecule has 1 aliphatic heterocycles. The van der Waals surface area contributed by atoms with Crippen molar-refractivity contribution in [3.8, 4) is 17.2 Å². The molecule has 2 aromatic carbocycles. The third kappa shape index (κ3) is 7.86. The zero-order valence-corrected chi connectivity index (χ0v) is 31.1. The number of carbonyl (C=O) groups is 2. The van der Waals surface area contributed by atoms with Gasteiger partial charge in [0, 0.05) is 43.9 Å². The Labute approximate surface area is 303 Å². The molecule has 0 radical (unpaired) electrons. The van der Waals surface area contributed by atoms with Crippen LogP contribution in [0.2, 0.25) is 0 Å². The van der Waals surface area contributed by atoms with Gasteiger partial charge < -0.3 is 38.6 Å². The average Bonchev–Trinajstić information content (AvgIpc) is 3.51. The zero-order valence-electron chi connectivity index (χ0n) is 31.1. The van der Waals surface area contributed by atoms with Crippen LogP contribution in [0, 0.1) is 5.82 Å². The van der Waals surface area contributed by atoms with Crippen molar-refractivity contribution in [1.82, 2.24) is 24.1 Å². The fourth-order valence-corrected chi connectivity index (χ4v) is 6.88. The predicted octanol–water partition coefficient (Wildman–Crippen LogP) is 5.34. The van der Waals surface area contributed by atoms with E-state index in [0.717, 1.165) is 61.9 Å². The number of nitrogens with zero attached hydrogens (tertiary/aromatic N) is 5. The second kappa shape index (κ2) is 16.9. The third-order valence-electron chi connectivity index (χ3n) is 9.55. The van der Waals surface area contributed by atoms with E-state index in [-0.39, 0.29) is 35.2 Å². The number of rotatable bonds is 17. The minimum Gasteiger partial charge on any atom is -0.497 e. The lowest BCUT2D eigenvalue weighted by atomic mass is 10.1. The highest BCUT2D eigenvalue weighted by Crippen LogP contribution is 2.40.